The van der Waals surface area contributed by atoms with Gasteiger partial charge >= 0.3 is 0 Å². The van der Waals surface area contributed by atoms with Crippen LogP contribution in [0, 0.1) is 4.77 Å². The van der Waals surface area contributed by atoms with Crippen LogP contribution in [0.1, 0.15) is 34.6 Å². The molecule has 108 valence electrons. The molecule has 0 saturated heterocycles. The number of imide groups is 1. The van der Waals surface area contributed by atoms with Crippen LogP contribution in [0.3, 0.4) is 0 Å². The Morgan fingerprint density at radius 2 is 1.52 bits per heavy atom. The van der Waals surface area contributed by atoms with E-state index in [1.807, 2.05) is 13.8 Å². The normalized spacial score (nSPS) is 12.8. The van der Waals surface area contributed by atoms with Gasteiger partial charge in [-0.1, -0.05) is 26.0 Å². The molecule has 2 heterocycles. The smallest absolute Gasteiger partial charge is 0.276 e. The zero-order valence-corrected chi connectivity index (χ0v) is 12.3. The summed E-state index contributed by atoms with van der Waals surface area (Å²) in [5.74, 6) is -1.03. The molecule has 21 heavy (non-hydrogen) atoms. The molecular formula is C14H13N3O3S. The summed E-state index contributed by atoms with van der Waals surface area (Å²) in [7, 11) is 0. The number of anilines is 1. The van der Waals surface area contributed by atoms with Gasteiger partial charge in [-0.25, -0.2) is 4.90 Å². The van der Waals surface area contributed by atoms with Crippen molar-refractivity contribution in [2.75, 3.05) is 4.90 Å². The van der Waals surface area contributed by atoms with Crippen molar-refractivity contribution in [3.05, 3.63) is 56.7 Å². The minimum Gasteiger partial charge on any atom is -0.337 e. The SMILES string of the molecule is CC.O=C1c2ccccc2C(=O)N1c1c[nH]c(=S)[nH]c1=O. The van der Waals surface area contributed by atoms with E-state index in [0.717, 1.165) is 4.90 Å². The Balaban J connectivity index is 0.000000774. The number of benzene rings is 1. The van der Waals surface area contributed by atoms with Crippen LogP contribution < -0.4 is 10.5 Å². The number of amides is 2. The number of fused-ring (bicyclic) bond motifs is 1. The van der Waals surface area contributed by atoms with Gasteiger partial charge in [0.2, 0.25) is 0 Å². The lowest BCUT2D eigenvalue weighted by molar-refractivity contribution is 0.0925. The lowest BCUT2D eigenvalue weighted by Gasteiger charge is -2.11. The van der Waals surface area contributed by atoms with Crippen LogP contribution >= 0.6 is 12.2 Å². The summed E-state index contributed by atoms with van der Waals surface area (Å²) >= 11 is 4.76. The molecule has 0 fully saturated rings. The summed E-state index contributed by atoms with van der Waals surface area (Å²) < 4.78 is 0.130. The molecule has 2 aromatic rings. The summed E-state index contributed by atoms with van der Waals surface area (Å²) in [6, 6.07) is 6.43. The summed E-state index contributed by atoms with van der Waals surface area (Å²) in [6.07, 6.45) is 1.25. The molecule has 0 unspecified atom stereocenters. The quantitative estimate of drug-likeness (QED) is 0.625. The van der Waals surface area contributed by atoms with Crippen molar-refractivity contribution in [2.24, 2.45) is 0 Å². The molecular weight excluding hydrogens is 290 g/mol. The van der Waals surface area contributed by atoms with E-state index in [4.69, 9.17) is 12.2 Å². The molecule has 0 aliphatic carbocycles. The van der Waals surface area contributed by atoms with Gasteiger partial charge in [-0.15, -0.1) is 0 Å². The highest BCUT2D eigenvalue weighted by molar-refractivity contribution is 7.71. The number of carbonyl (C=O) groups is 2. The number of nitrogens with zero attached hydrogens (tertiary/aromatic N) is 1. The largest absolute Gasteiger partial charge is 0.337 e. The maximum absolute atomic E-state index is 12.2. The van der Waals surface area contributed by atoms with E-state index in [1.54, 1.807) is 24.3 Å². The first-order valence-corrected chi connectivity index (χ1v) is 6.80. The maximum atomic E-state index is 12.2. The summed E-state index contributed by atoms with van der Waals surface area (Å²) in [6.45, 7) is 4.00. The zero-order chi connectivity index (χ0) is 15.6. The molecule has 0 saturated carbocycles. The number of H-pyrrole nitrogens is 2. The lowest BCUT2D eigenvalue weighted by atomic mass is 10.1. The zero-order valence-electron chi connectivity index (χ0n) is 11.5. The summed E-state index contributed by atoms with van der Waals surface area (Å²) in [5.41, 5.74) is -0.0817. The average molecular weight is 303 g/mol. The Kier molecular flexibility index (Phi) is 4.13. The number of aromatic amines is 2. The number of hydrogen-bond acceptors (Lipinski definition) is 4. The molecule has 7 heteroatoms. The molecule has 2 N–H and O–H groups in total. The molecule has 0 bridgehead atoms. The summed E-state index contributed by atoms with van der Waals surface area (Å²) in [5, 5.41) is 0. The Morgan fingerprint density at radius 3 is 2.00 bits per heavy atom. The highest BCUT2D eigenvalue weighted by Gasteiger charge is 2.37. The van der Waals surface area contributed by atoms with Crippen LogP contribution in [0.25, 0.3) is 0 Å². The average Bonchev–Trinajstić information content (AvgIpc) is 2.75. The van der Waals surface area contributed by atoms with Crippen LogP contribution in [-0.4, -0.2) is 21.8 Å². The van der Waals surface area contributed by atoms with Gasteiger partial charge < -0.3 is 4.98 Å². The van der Waals surface area contributed by atoms with E-state index in [9.17, 15) is 14.4 Å². The van der Waals surface area contributed by atoms with Crippen molar-refractivity contribution >= 4 is 29.7 Å². The van der Waals surface area contributed by atoms with E-state index in [2.05, 4.69) is 9.97 Å². The Hall–Kier alpha value is -2.54. The van der Waals surface area contributed by atoms with Gasteiger partial charge in [-0.3, -0.25) is 19.4 Å². The highest BCUT2D eigenvalue weighted by atomic mass is 32.1. The second-order valence-electron chi connectivity index (χ2n) is 3.95. The molecule has 1 aromatic carbocycles. The molecule has 1 aliphatic heterocycles. The van der Waals surface area contributed by atoms with Gasteiger partial charge in [-0.05, 0) is 24.4 Å². The van der Waals surface area contributed by atoms with Crippen molar-refractivity contribution in [3.63, 3.8) is 0 Å². The van der Waals surface area contributed by atoms with Gasteiger partial charge in [0.25, 0.3) is 17.4 Å². The van der Waals surface area contributed by atoms with Crippen molar-refractivity contribution < 1.29 is 9.59 Å². The number of rotatable bonds is 1. The van der Waals surface area contributed by atoms with Gasteiger partial charge in [0.1, 0.15) is 5.69 Å². The van der Waals surface area contributed by atoms with Crippen molar-refractivity contribution in [3.8, 4) is 0 Å². The number of hydrogen-bond donors (Lipinski definition) is 2. The Labute approximate surface area is 125 Å². The fraction of sp³-hybridized carbons (Fsp3) is 0.143. The molecule has 6 nitrogen and oxygen atoms in total. The summed E-state index contributed by atoms with van der Waals surface area (Å²) in [4.78, 5) is 41.9. The molecule has 3 rings (SSSR count). The van der Waals surface area contributed by atoms with Crippen LogP contribution in [-0.2, 0) is 0 Å². The van der Waals surface area contributed by atoms with Crippen molar-refractivity contribution in [2.45, 2.75) is 13.8 Å². The predicted molar refractivity (Wildman–Crippen MR) is 81.2 cm³/mol. The van der Waals surface area contributed by atoms with Crippen LogP contribution in [0.2, 0.25) is 0 Å². The fourth-order valence-electron chi connectivity index (χ4n) is 1.98. The molecule has 1 aromatic heterocycles. The van der Waals surface area contributed by atoms with Gasteiger partial charge in [-0.2, -0.15) is 0 Å². The van der Waals surface area contributed by atoms with E-state index in [-0.39, 0.29) is 21.6 Å². The fourth-order valence-corrected chi connectivity index (χ4v) is 2.13. The first kappa shape index (κ1) is 14.9. The molecule has 1 aliphatic rings. The van der Waals surface area contributed by atoms with Crippen LogP contribution in [0.15, 0.2) is 35.3 Å². The first-order chi connectivity index (χ1) is 10.1. The van der Waals surface area contributed by atoms with Crippen LogP contribution in [0.4, 0.5) is 5.69 Å². The second-order valence-corrected chi connectivity index (χ2v) is 4.36. The molecule has 0 spiro atoms. The first-order valence-electron chi connectivity index (χ1n) is 6.39. The third kappa shape index (κ3) is 2.43. The van der Waals surface area contributed by atoms with E-state index in [0.29, 0.717) is 0 Å². The number of carbonyl (C=O) groups excluding carboxylic acids is 2. The molecule has 0 atom stereocenters. The number of aromatic nitrogens is 2. The molecule has 0 radical (unpaired) electrons. The maximum Gasteiger partial charge on any atom is 0.276 e. The monoisotopic (exact) mass is 303 g/mol. The van der Waals surface area contributed by atoms with E-state index in [1.165, 1.54) is 6.20 Å². The van der Waals surface area contributed by atoms with Gasteiger partial charge in [0.05, 0.1) is 11.1 Å². The number of nitrogens with one attached hydrogen (secondary N) is 2. The Morgan fingerprint density at radius 1 is 1.00 bits per heavy atom. The van der Waals surface area contributed by atoms with E-state index >= 15 is 0 Å². The van der Waals surface area contributed by atoms with E-state index < -0.39 is 17.4 Å². The third-order valence-electron chi connectivity index (χ3n) is 2.83. The topological polar surface area (TPSA) is 86.0 Å². The predicted octanol–water partition coefficient (Wildman–Crippen LogP) is 2.26. The second kappa shape index (κ2) is 5.84. The minimum absolute atomic E-state index is 0.0696. The van der Waals surface area contributed by atoms with Crippen LogP contribution in [0.5, 0.6) is 0 Å². The highest BCUT2D eigenvalue weighted by Crippen LogP contribution is 2.25. The lowest BCUT2D eigenvalue weighted by Crippen LogP contribution is -2.34. The minimum atomic E-state index is -0.585. The van der Waals surface area contributed by atoms with Crippen molar-refractivity contribution in [1.29, 1.82) is 0 Å². The molecule has 2 amide bonds. The standard InChI is InChI=1S/C12H7N3O3S.C2H6/c16-9-8(5-13-12(19)14-9)15-10(17)6-3-1-2-4-7(6)11(15)18;1-2/h1-5H,(H2,13,14,16,19);1-2H3. The third-order valence-corrected chi connectivity index (χ3v) is 3.05. The van der Waals surface area contributed by atoms with Crippen molar-refractivity contribution in [1.82, 2.24) is 9.97 Å². The Bertz CT molecular complexity index is 787. The van der Waals surface area contributed by atoms with Gasteiger partial charge in [0.15, 0.2) is 4.77 Å². The van der Waals surface area contributed by atoms with Gasteiger partial charge in [0, 0.05) is 6.20 Å².